The molecule has 3 N–H and O–H groups in total. The van der Waals surface area contributed by atoms with E-state index < -0.39 is 12.0 Å². The molecule has 0 aromatic carbocycles. The molecule has 0 saturated heterocycles. The average molecular weight is 251 g/mol. The van der Waals surface area contributed by atoms with Gasteiger partial charge in [0.1, 0.15) is 6.04 Å². The molecule has 0 amide bonds. The van der Waals surface area contributed by atoms with Crippen LogP contribution in [0.3, 0.4) is 0 Å². The van der Waals surface area contributed by atoms with Crippen LogP contribution in [0.2, 0.25) is 0 Å². The van der Waals surface area contributed by atoms with Gasteiger partial charge in [-0.2, -0.15) is 11.8 Å². The number of aliphatic carboxylic acids is 1. The second-order valence-corrected chi connectivity index (χ2v) is 4.30. The normalized spacial score (nSPS) is 13.0. The van der Waals surface area contributed by atoms with Gasteiger partial charge in [-0.25, -0.2) is 0 Å². The minimum Gasteiger partial charge on any atom is -0.480 e. The molecule has 5 nitrogen and oxygen atoms in total. The van der Waals surface area contributed by atoms with E-state index in [2.05, 4.69) is 0 Å². The van der Waals surface area contributed by atoms with E-state index in [0.717, 1.165) is 0 Å². The molecule has 0 aromatic heterocycles. The van der Waals surface area contributed by atoms with Crippen molar-refractivity contribution in [1.29, 1.82) is 0 Å². The van der Waals surface area contributed by atoms with Crippen molar-refractivity contribution in [3.05, 3.63) is 0 Å². The van der Waals surface area contributed by atoms with Crippen LogP contribution in [-0.2, 0) is 14.3 Å². The molecule has 16 heavy (non-hydrogen) atoms. The number of ether oxygens (including phenoxy) is 2. The van der Waals surface area contributed by atoms with Crippen molar-refractivity contribution in [1.82, 2.24) is 0 Å². The van der Waals surface area contributed by atoms with E-state index >= 15 is 0 Å². The van der Waals surface area contributed by atoms with Gasteiger partial charge in [0, 0.05) is 19.0 Å². The van der Waals surface area contributed by atoms with Crippen LogP contribution in [0.5, 0.6) is 0 Å². The van der Waals surface area contributed by atoms with Crippen molar-refractivity contribution in [3.63, 3.8) is 0 Å². The predicted octanol–water partition coefficient (Wildman–Crippen LogP) is 0.921. The standard InChI is InChI=1S/C10H21NO4S/c1-3-14-9(15-4-2)7-16-6-5-8(11)10(12)13/h8-9H,3-7,11H2,1-2H3,(H,12,13). The zero-order valence-corrected chi connectivity index (χ0v) is 10.7. The van der Waals surface area contributed by atoms with Gasteiger partial charge in [0.05, 0.1) is 0 Å². The quantitative estimate of drug-likeness (QED) is 0.444. The molecule has 0 saturated carbocycles. The molecular formula is C10H21NO4S. The number of thioether (sulfide) groups is 1. The molecule has 0 aliphatic carbocycles. The summed E-state index contributed by atoms with van der Waals surface area (Å²) in [6, 6.07) is -0.773. The highest BCUT2D eigenvalue weighted by Crippen LogP contribution is 2.09. The third-order valence-electron chi connectivity index (χ3n) is 1.85. The third kappa shape index (κ3) is 7.92. The fourth-order valence-corrected chi connectivity index (χ4v) is 2.00. The number of hydrogen-bond donors (Lipinski definition) is 2. The van der Waals surface area contributed by atoms with Gasteiger partial charge >= 0.3 is 5.97 Å². The number of carboxylic acids is 1. The summed E-state index contributed by atoms with van der Waals surface area (Å²) < 4.78 is 10.7. The Morgan fingerprint density at radius 3 is 2.38 bits per heavy atom. The first-order valence-corrected chi connectivity index (χ1v) is 6.56. The van der Waals surface area contributed by atoms with Crippen LogP contribution < -0.4 is 5.73 Å². The fraction of sp³-hybridized carbons (Fsp3) is 0.900. The first-order valence-electron chi connectivity index (χ1n) is 5.41. The fourth-order valence-electron chi connectivity index (χ4n) is 1.03. The van der Waals surface area contributed by atoms with Gasteiger partial charge in [0.2, 0.25) is 0 Å². The highest BCUT2D eigenvalue weighted by atomic mass is 32.2. The highest BCUT2D eigenvalue weighted by Gasteiger charge is 2.12. The molecule has 0 heterocycles. The highest BCUT2D eigenvalue weighted by molar-refractivity contribution is 7.99. The van der Waals surface area contributed by atoms with Crippen molar-refractivity contribution < 1.29 is 19.4 Å². The first-order chi connectivity index (χ1) is 7.61. The van der Waals surface area contributed by atoms with Crippen LogP contribution in [0.25, 0.3) is 0 Å². The van der Waals surface area contributed by atoms with Crippen molar-refractivity contribution in [2.24, 2.45) is 5.73 Å². The van der Waals surface area contributed by atoms with E-state index in [1.165, 1.54) is 0 Å². The Kier molecular flexibility index (Phi) is 9.71. The summed E-state index contributed by atoms with van der Waals surface area (Å²) in [5.41, 5.74) is 5.38. The van der Waals surface area contributed by atoms with E-state index in [-0.39, 0.29) is 6.29 Å². The zero-order chi connectivity index (χ0) is 12.4. The molecule has 0 aliphatic heterocycles. The second kappa shape index (κ2) is 9.89. The van der Waals surface area contributed by atoms with Crippen LogP contribution in [0.4, 0.5) is 0 Å². The average Bonchev–Trinajstić information content (AvgIpc) is 2.24. The predicted molar refractivity (Wildman–Crippen MR) is 64.6 cm³/mol. The molecule has 1 atom stereocenters. The first kappa shape index (κ1) is 15.7. The van der Waals surface area contributed by atoms with E-state index in [1.807, 2.05) is 13.8 Å². The topological polar surface area (TPSA) is 81.8 Å². The van der Waals surface area contributed by atoms with E-state index in [1.54, 1.807) is 11.8 Å². The van der Waals surface area contributed by atoms with Crippen LogP contribution >= 0.6 is 11.8 Å². The number of nitrogens with two attached hydrogens (primary N) is 1. The minimum atomic E-state index is -0.952. The number of carboxylic acid groups (broad SMARTS) is 1. The largest absolute Gasteiger partial charge is 0.480 e. The van der Waals surface area contributed by atoms with Gasteiger partial charge in [-0.1, -0.05) is 0 Å². The molecule has 1 unspecified atom stereocenters. The summed E-state index contributed by atoms with van der Waals surface area (Å²) >= 11 is 1.59. The second-order valence-electron chi connectivity index (χ2n) is 3.15. The SMILES string of the molecule is CCOC(CSCCC(N)C(=O)O)OCC. The minimum absolute atomic E-state index is 0.207. The zero-order valence-electron chi connectivity index (χ0n) is 9.85. The van der Waals surface area contributed by atoms with Crippen LogP contribution in [0.1, 0.15) is 20.3 Å². The summed E-state index contributed by atoms with van der Waals surface area (Å²) in [6.07, 6.45) is 0.256. The summed E-state index contributed by atoms with van der Waals surface area (Å²) in [6.45, 7) is 5.05. The number of carbonyl (C=O) groups is 1. The Morgan fingerprint density at radius 2 is 1.94 bits per heavy atom. The Hall–Kier alpha value is -0.300. The Balaban J connectivity index is 3.57. The summed E-state index contributed by atoms with van der Waals surface area (Å²) in [5, 5.41) is 8.58. The van der Waals surface area contributed by atoms with Crippen LogP contribution in [-0.4, -0.2) is 48.1 Å². The van der Waals surface area contributed by atoms with Crippen LogP contribution in [0, 0.1) is 0 Å². The lowest BCUT2D eigenvalue weighted by Gasteiger charge is -2.16. The lowest BCUT2D eigenvalue weighted by molar-refractivity contribution is -0.138. The number of hydrogen-bond acceptors (Lipinski definition) is 5. The van der Waals surface area contributed by atoms with Gasteiger partial charge in [-0.3, -0.25) is 4.79 Å². The smallest absolute Gasteiger partial charge is 0.320 e. The molecule has 0 fully saturated rings. The lowest BCUT2D eigenvalue weighted by Crippen LogP contribution is -2.30. The summed E-state index contributed by atoms with van der Waals surface area (Å²) in [7, 11) is 0. The molecule has 0 rings (SSSR count). The molecule has 0 aromatic rings. The molecule has 0 bridgehead atoms. The third-order valence-corrected chi connectivity index (χ3v) is 2.88. The molecule has 6 heteroatoms. The van der Waals surface area contributed by atoms with E-state index in [9.17, 15) is 4.79 Å². The van der Waals surface area contributed by atoms with Gasteiger partial charge in [0.15, 0.2) is 6.29 Å². The van der Waals surface area contributed by atoms with Gasteiger partial charge in [-0.05, 0) is 26.0 Å². The monoisotopic (exact) mass is 251 g/mol. The van der Waals surface area contributed by atoms with E-state index in [0.29, 0.717) is 31.1 Å². The molecule has 0 spiro atoms. The van der Waals surface area contributed by atoms with Crippen molar-refractivity contribution in [2.75, 3.05) is 24.7 Å². The summed E-state index contributed by atoms with van der Waals surface area (Å²) in [4.78, 5) is 10.4. The molecule has 0 aliphatic rings. The van der Waals surface area contributed by atoms with E-state index in [4.69, 9.17) is 20.3 Å². The van der Waals surface area contributed by atoms with Crippen molar-refractivity contribution in [3.8, 4) is 0 Å². The summed E-state index contributed by atoms with van der Waals surface area (Å²) in [5.74, 6) is 0.449. The van der Waals surface area contributed by atoms with Gasteiger partial charge < -0.3 is 20.3 Å². The Labute approximate surface area is 101 Å². The Bertz CT molecular complexity index is 186. The van der Waals surface area contributed by atoms with Gasteiger partial charge in [-0.15, -0.1) is 0 Å². The molecule has 96 valence electrons. The molecular weight excluding hydrogens is 230 g/mol. The van der Waals surface area contributed by atoms with Crippen molar-refractivity contribution in [2.45, 2.75) is 32.6 Å². The number of rotatable bonds is 10. The lowest BCUT2D eigenvalue weighted by atomic mass is 10.2. The van der Waals surface area contributed by atoms with Crippen LogP contribution in [0.15, 0.2) is 0 Å². The maximum absolute atomic E-state index is 10.4. The Morgan fingerprint density at radius 1 is 1.38 bits per heavy atom. The van der Waals surface area contributed by atoms with Crippen molar-refractivity contribution >= 4 is 17.7 Å². The maximum Gasteiger partial charge on any atom is 0.320 e. The maximum atomic E-state index is 10.4. The van der Waals surface area contributed by atoms with Gasteiger partial charge in [0.25, 0.3) is 0 Å². The molecule has 0 radical (unpaired) electrons.